The highest BCUT2D eigenvalue weighted by Crippen LogP contribution is 2.23. The van der Waals surface area contributed by atoms with Crippen molar-refractivity contribution in [1.29, 1.82) is 0 Å². The van der Waals surface area contributed by atoms with Gasteiger partial charge in [-0.15, -0.1) is 0 Å². The van der Waals surface area contributed by atoms with Crippen molar-refractivity contribution in [2.45, 2.75) is 45.1 Å². The number of aryl methyl sites for hydroxylation is 2. The maximum atomic E-state index is 12.8. The Labute approximate surface area is 197 Å². The third kappa shape index (κ3) is 6.90. The second-order valence-electron chi connectivity index (χ2n) is 9.55. The zero-order chi connectivity index (χ0) is 23.0. The topological polar surface area (TPSA) is 61.7 Å². The van der Waals surface area contributed by atoms with E-state index in [-0.39, 0.29) is 11.8 Å². The number of carbonyl (C=O) groups is 2. The summed E-state index contributed by atoms with van der Waals surface area (Å²) >= 11 is 0. The van der Waals surface area contributed by atoms with Crippen LogP contribution in [0.25, 0.3) is 0 Å². The summed E-state index contributed by atoms with van der Waals surface area (Å²) in [7, 11) is 1.90. The van der Waals surface area contributed by atoms with Gasteiger partial charge < -0.3 is 9.80 Å². The first-order chi connectivity index (χ1) is 16.1. The fraction of sp³-hybridized carbons (Fsp3) is 0.577. The Balaban J connectivity index is 1.15. The Morgan fingerprint density at radius 3 is 2.42 bits per heavy atom. The van der Waals surface area contributed by atoms with Crippen LogP contribution in [-0.2, 0) is 29.6 Å². The number of amides is 2. The van der Waals surface area contributed by atoms with Crippen molar-refractivity contribution < 1.29 is 9.59 Å². The van der Waals surface area contributed by atoms with Gasteiger partial charge in [-0.05, 0) is 42.7 Å². The van der Waals surface area contributed by atoms with Crippen molar-refractivity contribution in [3.05, 3.63) is 53.9 Å². The predicted octanol–water partition coefficient (Wildman–Crippen LogP) is 2.72. The number of hydrogen-bond acceptors (Lipinski definition) is 4. The van der Waals surface area contributed by atoms with Crippen molar-refractivity contribution in [3.63, 3.8) is 0 Å². The number of aromatic nitrogens is 2. The summed E-state index contributed by atoms with van der Waals surface area (Å²) in [6.45, 7) is 6.09. The lowest BCUT2D eigenvalue weighted by Gasteiger charge is -2.36. The van der Waals surface area contributed by atoms with Gasteiger partial charge in [-0.1, -0.05) is 30.3 Å². The van der Waals surface area contributed by atoms with Gasteiger partial charge in [0.05, 0.1) is 6.20 Å². The molecule has 1 atom stereocenters. The highest BCUT2D eigenvalue weighted by atomic mass is 16.2. The molecule has 0 spiro atoms. The van der Waals surface area contributed by atoms with Crippen molar-refractivity contribution >= 4 is 11.8 Å². The number of benzene rings is 1. The smallest absolute Gasteiger partial charge is 0.222 e. The minimum absolute atomic E-state index is 0.226. The summed E-state index contributed by atoms with van der Waals surface area (Å²) in [5, 5.41) is 4.17. The lowest BCUT2D eigenvalue weighted by molar-refractivity contribution is -0.134. The van der Waals surface area contributed by atoms with E-state index >= 15 is 0 Å². The SMILES string of the molecule is Cn1cc(CCC(=O)N2CCCC(CCC(=O)N3CCN(Cc4ccccc4)CC3)C2)cn1. The van der Waals surface area contributed by atoms with Crippen LogP contribution in [0.15, 0.2) is 42.7 Å². The summed E-state index contributed by atoms with van der Waals surface area (Å²) in [5.41, 5.74) is 2.43. The van der Waals surface area contributed by atoms with Crippen LogP contribution < -0.4 is 0 Å². The zero-order valence-corrected chi connectivity index (χ0v) is 19.9. The Morgan fingerprint density at radius 1 is 0.939 bits per heavy atom. The van der Waals surface area contributed by atoms with E-state index in [1.807, 2.05) is 35.3 Å². The quantitative estimate of drug-likeness (QED) is 0.619. The monoisotopic (exact) mass is 451 g/mol. The number of rotatable bonds is 8. The Hall–Kier alpha value is -2.67. The van der Waals surface area contributed by atoms with Crippen LogP contribution in [0.4, 0.5) is 0 Å². The van der Waals surface area contributed by atoms with Gasteiger partial charge >= 0.3 is 0 Å². The van der Waals surface area contributed by atoms with Gasteiger partial charge in [-0.2, -0.15) is 5.10 Å². The van der Waals surface area contributed by atoms with Crippen LogP contribution in [0.2, 0.25) is 0 Å². The van der Waals surface area contributed by atoms with Crippen LogP contribution >= 0.6 is 0 Å². The van der Waals surface area contributed by atoms with Crippen LogP contribution in [0, 0.1) is 5.92 Å². The molecule has 2 aromatic rings. The molecule has 7 heteroatoms. The molecule has 0 bridgehead atoms. The summed E-state index contributed by atoms with van der Waals surface area (Å²) in [6.07, 6.45) is 8.71. The van der Waals surface area contributed by atoms with Crippen LogP contribution in [0.3, 0.4) is 0 Å². The Bertz CT molecular complexity index is 904. The fourth-order valence-corrected chi connectivity index (χ4v) is 5.02. The molecule has 3 heterocycles. The normalized spacial score (nSPS) is 19.6. The maximum absolute atomic E-state index is 12.8. The summed E-state index contributed by atoms with van der Waals surface area (Å²) in [4.78, 5) is 32.0. The lowest BCUT2D eigenvalue weighted by atomic mass is 9.92. The van der Waals surface area contributed by atoms with E-state index in [0.29, 0.717) is 18.8 Å². The molecule has 1 aromatic heterocycles. The van der Waals surface area contributed by atoms with E-state index in [1.54, 1.807) is 4.68 Å². The molecule has 0 saturated carbocycles. The maximum Gasteiger partial charge on any atom is 0.222 e. The molecule has 2 saturated heterocycles. The molecule has 0 radical (unpaired) electrons. The molecule has 2 aliphatic heterocycles. The highest BCUT2D eigenvalue weighted by Gasteiger charge is 2.26. The molecule has 2 fully saturated rings. The molecule has 4 rings (SSSR count). The van der Waals surface area contributed by atoms with Crippen molar-refractivity contribution in [2.24, 2.45) is 13.0 Å². The zero-order valence-electron chi connectivity index (χ0n) is 19.9. The van der Waals surface area contributed by atoms with E-state index < -0.39 is 0 Å². The number of carbonyl (C=O) groups excluding carboxylic acids is 2. The molecule has 178 valence electrons. The van der Waals surface area contributed by atoms with Gasteiger partial charge in [-0.3, -0.25) is 19.2 Å². The van der Waals surface area contributed by atoms with E-state index in [2.05, 4.69) is 34.3 Å². The molecule has 2 amide bonds. The first-order valence-electron chi connectivity index (χ1n) is 12.4. The van der Waals surface area contributed by atoms with Crippen molar-refractivity contribution in [2.75, 3.05) is 39.3 Å². The largest absolute Gasteiger partial charge is 0.342 e. The van der Waals surface area contributed by atoms with Crippen molar-refractivity contribution in [1.82, 2.24) is 24.5 Å². The standard InChI is InChI=1S/C26H37N5O2/c1-28-19-24(18-27-28)10-12-26(33)31-13-5-8-23(21-31)9-11-25(32)30-16-14-29(15-17-30)20-22-6-3-2-4-7-22/h2-4,6-7,18-19,23H,5,8-17,20-21H2,1H3. The molecule has 0 aliphatic carbocycles. The first-order valence-corrected chi connectivity index (χ1v) is 12.4. The number of nitrogens with zero attached hydrogens (tertiary/aromatic N) is 5. The average molecular weight is 452 g/mol. The number of piperazine rings is 1. The summed E-state index contributed by atoms with van der Waals surface area (Å²) in [6, 6.07) is 10.5. The van der Waals surface area contributed by atoms with Crippen LogP contribution in [-0.4, -0.2) is 75.6 Å². The summed E-state index contributed by atoms with van der Waals surface area (Å²) in [5.74, 6) is 0.934. The second-order valence-corrected chi connectivity index (χ2v) is 9.55. The first kappa shape index (κ1) is 23.5. The number of likely N-dealkylation sites (tertiary alicyclic amines) is 1. The molecule has 1 unspecified atom stereocenters. The van der Waals surface area contributed by atoms with Gasteiger partial charge in [0.25, 0.3) is 0 Å². The van der Waals surface area contributed by atoms with E-state index in [0.717, 1.165) is 77.1 Å². The van der Waals surface area contributed by atoms with Gasteiger partial charge in [0.1, 0.15) is 0 Å². The van der Waals surface area contributed by atoms with Gasteiger partial charge in [0, 0.05) is 71.9 Å². The number of hydrogen-bond donors (Lipinski definition) is 0. The van der Waals surface area contributed by atoms with Crippen LogP contribution in [0.5, 0.6) is 0 Å². The van der Waals surface area contributed by atoms with Crippen LogP contribution in [0.1, 0.15) is 43.2 Å². The minimum atomic E-state index is 0.226. The molecule has 0 N–H and O–H groups in total. The molecule has 7 nitrogen and oxygen atoms in total. The van der Waals surface area contributed by atoms with E-state index in [1.165, 1.54) is 5.56 Å². The third-order valence-electron chi connectivity index (χ3n) is 7.00. The lowest BCUT2D eigenvalue weighted by Crippen LogP contribution is -2.48. The Kier molecular flexibility index (Phi) is 8.15. The van der Waals surface area contributed by atoms with Gasteiger partial charge in [0.15, 0.2) is 0 Å². The highest BCUT2D eigenvalue weighted by molar-refractivity contribution is 5.77. The fourth-order valence-electron chi connectivity index (χ4n) is 5.02. The van der Waals surface area contributed by atoms with Gasteiger partial charge in [0.2, 0.25) is 11.8 Å². The molecule has 1 aromatic carbocycles. The van der Waals surface area contributed by atoms with E-state index in [4.69, 9.17) is 0 Å². The predicted molar refractivity (Wildman–Crippen MR) is 128 cm³/mol. The Morgan fingerprint density at radius 2 is 1.70 bits per heavy atom. The molecule has 33 heavy (non-hydrogen) atoms. The van der Waals surface area contributed by atoms with Gasteiger partial charge in [-0.25, -0.2) is 0 Å². The average Bonchev–Trinajstić information content (AvgIpc) is 3.27. The molecular formula is C26H37N5O2. The number of piperidine rings is 1. The second kappa shape index (κ2) is 11.5. The van der Waals surface area contributed by atoms with Crippen molar-refractivity contribution in [3.8, 4) is 0 Å². The third-order valence-corrected chi connectivity index (χ3v) is 7.00. The molecule has 2 aliphatic rings. The summed E-state index contributed by atoms with van der Waals surface area (Å²) < 4.78 is 1.77. The molecular weight excluding hydrogens is 414 g/mol. The minimum Gasteiger partial charge on any atom is -0.342 e. The van der Waals surface area contributed by atoms with E-state index in [9.17, 15) is 9.59 Å².